The van der Waals surface area contributed by atoms with Gasteiger partial charge in [0.05, 0.1) is 17.4 Å². The molecule has 2 aromatic carbocycles. The zero-order valence-electron chi connectivity index (χ0n) is 15.7. The Morgan fingerprint density at radius 2 is 1.93 bits per heavy atom. The Balaban J connectivity index is 1.68. The molecule has 140 valence electrons. The molecule has 6 heteroatoms. The molecule has 1 atom stereocenters. The largest absolute Gasteiger partial charge is 0.345 e. The quantitative estimate of drug-likeness (QED) is 0.600. The molecule has 0 aliphatic rings. The van der Waals surface area contributed by atoms with Crippen molar-refractivity contribution in [2.75, 3.05) is 0 Å². The fourth-order valence-corrected chi connectivity index (χ4v) is 3.61. The van der Waals surface area contributed by atoms with Gasteiger partial charge in [0.25, 0.3) is 5.91 Å². The standard InChI is InChI=1S/C21H23N3O2S/c1-4-16-9-11-17(12-10-16)14(2)22-21(25)18-7-5-6-8-19(18)27-13-20-23-15(3)24-26-20/h5-12,14H,4,13H2,1-3H3,(H,22,25). The molecule has 27 heavy (non-hydrogen) atoms. The summed E-state index contributed by atoms with van der Waals surface area (Å²) in [5, 5.41) is 6.88. The van der Waals surface area contributed by atoms with Gasteiger partial charge in [-0.2, -0.15) is 4.98 Å². The molecule has 1 unspecified atom stereocenters. The number of nitrogens with one attached hydrogen (secondary N) is 1. The molecule has 3 rings (SSSR count). The molecule has 1 heterocycles. The van der Waals surface area contributed by atoms with Crippen molar-refractivity contribution in [2.45, 2.75) is 43.9 Å². The molecule has 0 saturated heterocycles. The highest BCUT2D eigenvalue weighted by molar-refractivity contribution is 7.98. The second-order valence-electron chi connectivity index (χ2n) is 6.31. The number of aromatic nitrogens is 2. The minimum Gasteiger partial charge on any atom is -0.345 e. The lowest BCUT2D eigenvalue weighted by atomic mass is 10.0. The second-order valence-corrected chi connectivity index (χ2v) is 7.33. The highest BCUT2D eigenvalue weighted by atomic mass is 32.2. The highest BCUT2D eigenvalue weighted by Crippen LogP contribution is 2.26. The molecule has 0 radical (unpaired) electrons. The van der Waals surface area contributed by atoms with Crippen LogP contribution in [0.4, 0.5) is 0 Å². The van der Waals surface area contributed by atoms with Gasteiger partial charge < -0.3 is 9.84 Å². The minimum absolute atomic E-state index is 0.0694. The number of nitrogens with zero attached hydrogens (tertiary/aromatic N) is 2. The molecule has 0 aliphatic heterocycles. The minimum atomic E-state index is -0.0909. The van der Waals surface area contributed by atoms with Gasteiger partial charge in [0.15, 0.2) is 5.82 Å². The lowest BCUT2D eigenvalue weighted by Gasteiger charge is -2.16. The van der Waals surface area contributed by atoms with Gasteiger partial charge >= 0.3 is 0 Å². The van der Waals surface area contributed by atoms with E-state index in [2.05, 4.69) is 46.6 Å². The monoisotopic (exact) mass is 381 g/mol. The molecule has 0 saturated carbocycles. The van der Waals surface area contributed by atoms with Gasteiger partial charge in [-0.15, -0.1) is 11.8 Å². The Labute approximate surface area is 163 Å². The van der Waals surface area contributed by atoms with Crippen molar-refractivity contribution < 1.29 is 9.32 Å². The SMILES string of the molecule is CCc1ccc(C(C)NC(=O)c2ccccc2SCc2nc(C)no2)cc1. The predicted octanol–water partition coefficient (Wildman–Crippen LogP) is 4.72. The number of hydrogen-bond acceptors (Lipinski definition) is 5. The Morgan fingerprint density at radius 3 is 2.59 bits per heavy atom. The van der Waals surface area contributed by atoms with Gasteiger partial charge in [-0.05, 0) is 43.5 Å². The molecule has 0 aliphatic carbocycles. The summed E-state index contributed by atoms with van der Waals surface area (Å²) >= 11 is 1.51. The van der Waals surface area contributed by atoms with Crippen molar-refractivity contribution in [3.8, 4) is 0 Å². The zero-order valence-corrected chi connectivity index (χ0v) is 16.5. The average Bonchev–Trinajstić information content (AvgIpc) is 3.11. The van der Waals surface area contributed by atoms with Gasteiger partial charge in [-0.3, -0.25) is 4.79 Å². The number of thioether (sulfide) groups is 1. The Bertz CT molecular complexity index is 906. The van der Waals surface area contributed by atoms with Gasteiger partial charge in [0.2, 0.25) is 5.89 Å². The first-order valence-electron chi connectivity index (χ1n) is 8.97. The van der Waals surface area contributed by atoms with Gasteiger partial charge in [-0.25, -0.2) is 0 Å². The van der Waals surface area contributed by atoms with E-state index in [1.807, 2.05) is 31.2 Å². The molecule has 0 fully saturated rings. The van der Waals surface area contributed by atoms with E-state index in [9.17, 15) is 4.79 Å². The summed E-state index contributed by atoms with van der Waals surface area (Å²) in [6.07, 6.45) is 1.01. The van der Waals surface area contributed by atoms with Crippen molar-refractivity contribution in [3.63, 3.8) is 0 Å². The first kappa shape index (κ1) is 19.2. The fourth-order valence-electron chi connectivity index (χ4n) is 2.72. The van der Waals surface area contributed by atoms with E-state index in [-0.39, 0.29) is 11.9 Å². The maximum atomic E-state index is 12.8. The molecule has 3 aromatic rings. The van der Waals surface area contributed by atoms with E-state index in [0.29, 0.717) is 23.0 Å². The number of carbonyl (C=O) groups excluding carboxylic acids is 1. The number of carbonyl (C=O) groups is 1. The molecule has 0 bridgehead atoms. The topological polar surface area (TPSA) is 68.0 Å². The second kappa shape index (κ2) is 8.86. The molecule has 1 aromatic heterocycles. The van der Waals surface area contributed by atoms with Crippen molar-refractivity contribution in [2.24, 2.45) is 0 Å². The number of aryl methyl sites for hydroxylation is 2. The summed E-state index contributed by atoms with van der Waals surface area (Å²) < 4.78 is 5.15. The molecule has 5 nitrogen and oxygen atoms in total. The van der Waals surface area contributed by atoms with Crippen LogP contribution in [0.1, 0.15) is 53.1 Å². The summed E-state index contributed by atoms with van der Waals surface area (Å²) in [5.41, 5.74) is 3.03. The van der Waals surface area contributed by atoms with Crippen LogP contribution in [0, 0.1) is 6.92 Å². The number of benzene rings is 2. The molecule has 1 N–H and O–H groups in total. The lowest BCUT2D eigenvalue weighted by Crippen LogP contribution is -2.27. The van der Waals surface area contributed by atoms with Gasteiger partial charge in [0.1, 0.15) is 0 Å². The van der Waals surface area contributed by atoms with Gasteiger partial charge in [-0.1, -0.05) is 48.5 Å². The summed E-state index contributed by atoms with van der Waals surface area (Å²) in [5.74, 6) is 1.60. The molecular formula is C21H23N3O2S. The van der Waals surface area contributed by atoms with Crippen LogP contribution in [-0.4, -0.2) is 16.0 Å². The van der Waals surface area contributed by atoms with Crippen molar-refractivity contribution in [1.82, 2.24) is 15.5 Å². The zero-order chi connectivity index (χ0) is 19.2. The van der Waals surface area contributed by atoms with Crippen LogP contribution in [0.2, 0.25) is 0 Å². The van der Waals surface area contributed by atoms with E-state index in [1.165, 1.54) is 17.3 Å². The summed E-state index contributed by atoms with van der Waals surface area (Å²) in [6.45, 7) is 5.91. The maximum absolute atomic E-state index is 12.8. The Morgan fingerprint density at radius 1 is 1.19 bits per heavy atom. The van der Waals surface area contributed by atoms with Crippen LogP contribution in [0.25, 0.3) is 0 Å². The molecule has 0 spiro atoms. The first-order valence-corrected chi connectivity index (χ1v) is 9.96. The third-order valence-electron chi connectivity index (χ3n) is 4.29. The van der Waals surface area contributed by atoms with Crippen LogP contribution in [0.3, 0.4) is 0 Å². The summed E-state index contributed by atoms with van der Waals surface area (Å²) in [4.78, 5) is 17.9. The first-order chi connectivity index (χ1) is 13.1. The molecular weight excluding hydrogens is 358 g/mol. The maximum Gasteiger partial charge on any atom is 0.252 e. The van der Waals surface area contributed by atoms with Crippen molar-refractivity contribution in [1.29, 1.82) is 0 Å². The highest BCUT2D eigenvalue weighted by Gasteiger charge is 2.16. The molecule has 1 amide bonds. The van der Waals surface area contributed by atoms with E-state index in [0.717, 1.165) is 16.9 Å². The fraction of sp³-hybridized carbons (Fsp3) is 0.286. The third-order valence-corrected chi connectivity index (χ3v) is 5.35. The normalized spacial score (nSPS) is 12.0. The van der Waals surface area contributed by atoms with E-state index >= 15 is 0 Å². The van der Waals surface area contributed by atoms with E-state index in [1.54, 1.807) is 6.92 Å². The van der Waals surface area contributed by atoms with Crippen LogP contribution >= 0.6 is 11.8 Å². The smallest absolute Gasteiger partial charge is 0.252 e. The van der Waals surface area contributed by atoms with E-state index < -0.39 is 0 Å². The number of amides is 1. The summed E-state index contributed by atoms with van der Waals surface area (Å²) in [6, 6.07) is 15.8. The van der Waals surface area contributed by atoms with E-state index in [4.69, 9.17) is 4.52 Å². The van der Waals surface area contributed by atoms with Crippen LogP contribution in [-0.2, 0) is 12.2 Å². The summed E-state index contributed by atoms with van der Waals surface area (Å²) in [7, 11) is 0. The van der Waals surface area contributed by atoms with Crippen molar-refractivity contribution in [3.05, 3.63) is 76.9 Å². The van der Waals surface area contributed by atoms with Crippen molar-refractivity contribution >= 4 is 17.7 Å². The lowest BCUT2D eigenvalue weighted by molar-refractivity contribution is 0.0937. The van der Waals surface area contributed by atoms with Crippen LogP contribution in [0.5, 0.6) is 0 Å². The average molecular weight is 382 g/mol. The third kappa shape index (κ3) is 4.98. The Hall–Kier alpha value is -2.60. The van der Waals surface area contributed by atoms with Crippen LogP contribution in [0.15, 0.2) is 57.9 Å². The predicted molar refractivity (Wildman–Crippen MR) is 107 cm³/mol. The number of rotatable bonds is 7. The van der Waals surface area contributed by atoms with Crippen LogP contribution < -0.4 is 5.32 Å². The van der Waals surface area contributed by atoms with Gasteiger partial charge in [0, 0.05) is 4.90 Å². The number of hydrogen-bond donors (Lipinski definition) is 1. The Kier molecular flexibility index (Phi) is 6.29.